The van der Waals surface area contributed by atoms with Crippen LogP contribution >= 0.6 is 23.2 Å². The maximum atomic E-state index is 16.2. The second-order valence-corrected chi connectivity index (χ2v) is 14.4. The van der Waals surface area contributed by atoms with Gasteiger partial charge >= 0.3 is 5.97 Å². The zero-order valence-corrected chi connectivity index (χ0v) is 27.4. The maximum absolute atomic E-state index is 16.2. The number of esters is 1. The van der Waals surface area contributed by atoms with E-state index in [1.807, 2.05) is 0 Å². The first kappa shape index (κ1) is 31.2. The molecular weight excluding hydrogens is 662 g/mol. The lowest BCUT2D eigenvalue weighted by Gasteiger charge is -2.40. The zero-order chi connectivity index (χ0) is 33.7. The summed E-state index contributed by atoms with van der Waals surface area (Å²) in [5, 5.41) is 15.8. The Morgan fingerprint density at radius 3 is 2.56 bits per heavy atom. The number of amides is 2. The SMILES string of the molecule is COC(=O)C1(c2ccc(N3CC[C@H]4[C@@H](C3=O)[C@H](c3cccc(Cl)c3F)[C@]3(C(=O)Nc5cc(Cl)ccc53)N4CC3CC3)c([N+](=O)[O-])c2)CC1. The molecular formula is C35H31Cl2FN4O6. The number of nitro groups is 1. The number of methoxy groups -OCH3 is 1. The van der Waals surface area contributed by atoms with Gasteiger partial charge in [-0.1, -0.05) is 47.5 Å². The molecule has 1 spiro atoms. The molecule has 0 radical (unpaired) electrons. The summed E-state index contributed by atoms with van der Waals surface area (Å²) < 4.78 is 21.2. The lowest BCUT2D eigenvalue weighted by Crippen LogP contribution is -2.54. The Morgan fingerprint density at radius 1 is 1.10 bits per heavy atom. The van der Waals surface area contributed by atoms with Gasteiger partial charge in [-0.15, -0.1) is 0 Å². The van der Waals surface area contributed by atoms with Crippen molar-refractivity contribution >= 4 is 58.0 Å². The average Bonchev–Trinajstić information content (AvgIpc) is 4.00. The molecule has 3 aromatic carbocycles. The summed E-state index contributed by atoms with van der Waals surface area (Å²) in [4.78, 5) is 57.5. The van der Waals surface area contributed by atoms with E-state index in [0.29, 0.717) is 53.6 Å². The Balaban J connectivity index is 1.30. The van der Waals surface area contributed by atoms with E-state index in [9.17, 15) is 24.5 Å². The van der Waals surface area contributed by atoms with Crippen LogP contribution in [0.4, 0.5) is 21.5 Å². The number of carbonyl (C=O) groups is 3. The highest BCUT2D eigenvalue weighted by Gasteiger charge is 2.70. The number of hydrogen-bond acceptors (Lipinski definition) is 7. The van der Waals surface area contributed by atoms with Crippen molar-refractivity contribution in [2.75, 3.05) is 30.4 Å². The van der Waals surface area contributed by atoms with Crippen LogP contribution in [-0.2, 0) is 30.1 Å². The number of nitrogens with zero attached hydrogens (tertiary/aromatic N) is 3. The molecule has 3 heterocycles. The molecule has 4 fully saturated rings. The minimum absolute atomic E-state index is 0.0796. The zero-order valence-electron chi connectivity index (χ0n) is 25.9. The van der Waals surface area contributed by atoms with Gasteiger partial charge in [-0.25, -0.2) is 4.39 Å². The fourth-order valence-electron chi connectivity index (χ4n) is 8.60. The van der Waals surface area contributed by atoms with Crippen molar-refractivity contribution in [2.24, 2.45) is 11.8 Å². The summed E-state index contributed by atoms with van der Waals surface area (Å²) in [5.74, 6) is -3.69. The van der Waals surface area contributed by atoms with E-state index >= 15 is 4.39 Å². The fourth-order valence-corrected chi connectivity index (χ4v) is 8.95. The Kier molecular flexibility index (Phi) is 7.14. The molecule has 5 aliphatic rings. The summed E-state index contributed by atoms with van der Waals surface area (Å²) in [5.41, 5.74) is -0.974. The number of fused-ring (bicyclic) bond motifs is 3. The first-order valence-corrected chi connectivity index (χ1v) is 16.8. The van der Waals surface area contributed by atoms with Crippen molar-refractivity contribution in [3.8, 4) is 0 Å². The van der Waals surface area contributed by atoms with E-state index in [4.69, 9.17) is 27.9 Å². The van der Waals surface area contributed by atoms with Gasteiger partial charge in [0.05, 0.1) is 28.4 Å². The number of likely N-dealkylation sites (tertiary alicyclic amines) is 1. The number of ether oxygens (including phenoxy) is 1. The van der Waals surface area contributed by atoms with Gasteiger partial charge in [0.15, 0.2) is 0 Å². The van der Waals surface area contributed by atoms with Crippen LogP contribution in [0.1, 0.15) is 54.7 Å². The van der Waals surface area contributed by atoms with Crippen LogP contribution in [0.5, 0.6) is 0 Å². The van der Waals surface area contributed by atoms with Crippen LogP contribution in [0.2, 0.25) is 10.0 Å². The molecule has 1 N–H and O–H groups in total. The quantitative estimate of drug-likeness (QED) is 0.175. The van der Waals surface area contributed by atoms with E-state index in [1.165, 1.54) is 30.2 Å². The van der Waals surface area contributed by atoms with E-state index in [0.717, 1.165) is 12.8 Å². The Labute approximate surface area is 285 Å². The van der Waals surface area contributed by atoms with Crippen LogP contribution in [0.3, 0.4) is 0 Å². The van der Waals surface area contributed by atoms with Crippen LogP contribution in [0.15, 0.2) is 54.6 Å². The number of hydrogen-bond donors (Lipinski definition) is 1. The maximum Gasteiger partial charge on any atom is 0.316 e. The van der Waals surface area contributed by atoms with Crippen molar-refractivity contribution < 1.29 is 28.4 Å². The lowest BCUT2D eigenvalue weighted by molar-refractivity contribution is -0.384. The Hall–Kier alpha value is -4.06. The van der Waals surface area contributed by atoms with Gasteiger partial charge in [0, 0.05) is 47.4 Å². The predicted molar refractivity (Wildman–Crippen MR) is 176 cm³/mol. The number of anilines is 2. The van der Waals surface area contributed by atoms with Crippen LogP contribution in [0, 0.1) is 27.8 Å². The van der Waals surface area contributed by atoms with E-state index in [2.05, 4.69) is 10.2 Å². The molecule has 2 saturated heterocycles. The number of halogens is 3. The lowest BCUT2D eigenvalue weighted by atomic mass is 9.70. The first-order valence-electron chi connectivity index (χ1n) is 16.0. The average molecular weight is 694 g/mol. The second kappa shape index (κ2) is 11.0. The summed E-state index contributed by atoms with van der Waals surface area (Å²) in [6, 6.07) is 13.7. The molecule has 0 unspecified atom stereocenters. The standard InChI is InChI=1S/C35H31Cl2FN4O6/c1-48-33(45)34(12-13-34)19-7-10-25(27(15-19)42(46)47)40-14-11-26-28(31(40)43)29(21-3-2-4-23(37)30(21)38)35(41(26)17-18-5-6-18)22-9-8-20(36)16-24(22)39-32(35)44/h2-4,7-10,15-16,18,26,28-29H,5-6,11-14,17H2,1H3,(H,39,44)/t26-,28+,29-,35+/m0/s1. The minimum Gasteiger partial charge on any atom is -0.468 e. The van der Waals surface area contributed by atoms with Gasteiger partial charge in [0.1, 0.15) is 17.0 Å². The minimum atomic E-state index is -1.47. The topological polar surface area (TPSA) is 122 Å². The highest BCUT2D eigenvalue weighted by atomic mass is 35.5. The molecule has 4 atom stereocenters. The molecule has 0 bridgehead atoms. The number of piperidine rings is 1. The molecule has 8 rings (SSSR count). The summed E-state index contributed by atoms with van der Waals surface area (Å²) in [7, 11) is 1.28. The highest BCUT2D eigenvalue weighted by Crippen LogP contribution is 2.62. The third kappa shape index (κ3) is 4.36. The first-order chi connectivity index (χ1) is 23.0. The van der Waals surface area contributed by atoms with Crippen LogP contribution < -0.4 is 10.2 Å². The third-order valence-corrected chi connectivity index (χ3v) is 11.6. The number of carbonyl (C=O) groups excluding carboxylic acids is 3. The fraction of sp³-hybridized carbons (Fsp3) is 0.400. The second-order valence-electron chi connectivity index (χ2n) is 13.5. The monoisotopic (exact) mass is 692 g/mol. The molecule has 3 aliphatic heterocycles. The summed E-state index contributed by atoms with van der Waals surface area (Å²) >= 11 is 12.7. The molecule has 3 aromatic rings. The van der Waals surface area contributed by atoms with Gasteiger partial charge in [-0.05, 0) is 73.4 Å². The molecule has 2 amide bonds. The molecule has 2 saturated carbocycles. The molecule has 2 aliphatic carbocycles. The third-order valence-electron chi connectivity index (χ3n) is 11.1. The van der Waals surface area contributed by atoms with Crippen molar-refractivity contribution in [1.29, 1.82) is 0 Å². The van der Waals surface area contributed by atoms with Gasteiger partial charge in [-0.2, -0.15) is 0 Å². The van der Waals surface area contributed by atoms with E-state index in [1.54, 1.807) is 36.4 Å². The Bertz CT molecular complexity index is 1930. The van der Waals surface area contributed by atoms with Crippen LogP contribution in [0.25, 0.3) is 0 Å². The predicted octanol–water partition coefficient (Wildman–Crippen LogP) is 6.32. The van der Waals surface area contributed by atoms with Gasteiger partial charge in [0.25, 0.3) is 5.69 Å². The summed E-state index contributed by atoms with van der Waals surface area (Å²) in [6.45, 7) is 0.659. The Morgan fingerprint density at radius 2 is 1.88 bits per heavy atom. The molecule has 0 aromatic heterocycles. The number of nitro benzene ring substituents is 1. The largest absolute Gasteiger partial charge is 0.468 e. The molecule has 248 valence electrons. The molecule has 48 heavy (non-hydrogen) atoms. The highest BCUT2D eigenvalue weighted by molar-refractivity contribution is 6.31. The van der Waals surface area contributed by atoms with Gasteiger partial charge in [0.2, 0.25) is 11.8 Å². The van der Waals surface area contributed by atoms with Crippen molar-refractivity contribution in [3.05, 3.63) is 97.3 Å². The normalized spacial score (nSPS) is 27.1. The number of rotatable bonds is 7. The van der Waals surface area contributed by atoms with Crippen molar-refractivity contribution in [3.63, 3.8) is 0 Å². The van der Waals surface area contributed by atoms with Gasteiger partial charge < -0.3 is 15.0 Å². The molecule has 10 nitrogen and oxygen atoms in total. The van der Waals surface area contributed by atoms with E-state index in [-0.39, 0.29) is 34.4 Å². The summed E-state index contributed by atoms with van der Waals surface area (Å²) in [6.07, 6.45) is 3.33. The van der Waals surface area contributed by atoms with Crippen LogP contribution in [-0.4, -0.2) is 53.8 Å². The van der Waals surface area contributed by atoms with Crippen molar-refractivity contribution in [1.82, 2.24) is 4.90 Å². The molecule has 13 heteroatoms. The number of benzene rings is 3. The van der Waals surface area contributed by atoms with Gasteiger partial charge in [-0.3, -0.25) is 29.4 Å². The number of nitrogens with one attached hydrogen (secondary N) is 1. The smallest absolute Gasteiger partial charge is 0.316 e. The van der Waals surface area contributed by atoms with E-state index < -0.39 is 51.4 Å². The van der Waals surface area contributed by atoms with Crippen molar-refractivity contribution in [2.45, 2.75) is 55.0 Å².